The second-order valence-electron chi connectivity index (χ2n) is 6.71. The molecular weight excluding hydrogens is 424 g/mol. The summed E-state index contributed by atoms with van der Waals surface area (Å²) >= 11 is 7.35. The number of amides is 1. The van der Waals surface area contributed by atoms with Crippen LogP contribution < -0.4 is 5.32 Å². The van der Waals surface area contributed by atoms with Crippen molar-refractivity contribution in [1.82, 2.24) is 15.2 Å². The van der Waals surface area contributed by atoms with Crippen molar-refractivity contribution in [2.24, 2.45) is 0 Å². The molecule has 0 saturated heterocycles. The monoisotopic (exact) mass is 444 g/mol. The summed E-state index contributed by atoms with van der Waals surface area (Å²) < 4.78 is 5.17. The van der Waals surface area contributed by atoms with Crippen molar-refractivity contribution in [3.8, 4) is 0 Å². The number of benzene rings is 2. The van der Waals surface area contributed by atoms with Gasteiger partial charge in [0.25, 0.3) is 0 Å². The standard InChI is InChI=1S/C21H21ClN4O3S/c1-13(2)29-20(28)15-8-9-16(22)17(11-15)23-19(27)12-30-21-24-18(25-26-21)10-14-6-4-3-5-7-14/h3-9,11,13H,10,12H2,1-2H3,(H,23,27)(H,24,25,26). The predicted molar refractivity (Wildman–Crippen MR) is 117 cm³/mol. The number of anilines is 1. The van der Waals surface area contributed by atoms with Gasteiger partial charge in [0.2, 0.25) is 11.1 Å². The van der Waals surface area contributed by atoms with E-state index in [-0.39, 0.29) is 17.8 Å². The summed E-state index contributed by atoms with van der Waals surface area (Å²) in [6.45, 7) is 3.53. The first-order valence-electron chi connectivity index (χ1n) is 9.29. The number of hydrogen-bond acceptors (Lipinski definition) is 6. The molecule has 0 unspecified atom stereocenters. The topological polar surface area (TPSA) is 97.0 Å². The highest BCUT2D eigenvalue weighted by Gasteiger charge is 2.14. The molecule has 1 heterocycles. The molecule has 156 valence electrons. The van der Waals surface area contributed by atoms with E-state index >= 15 is 0 Å². The van der Waals surface area contributed by atoms with Crippen molar-refractivity contribution in [1.29, 1.82) is 0 Å². The lowest BCUT2D eigenvalue weighted by molar-refractivity contribution is -0.113. The number of H-pyrrole nitrogens is 1. The number of nitrogens with one attached hydrogen (secondary N) is 2. The smallest absolute Gasteiger partial charge is 0.338 e. The van der Waals surface area contributed by atoms with Crippen molar-refractivity contribution >= 4 is 40.9 Å². The molecule has 2 N–H and O–H groups in total. The fourth-order valence-corrected chi connectivity index (χ4v) is 3.34. The van der Waals surface area contributed by atoms with Crippen molar-refractivity contribution in [2.75, 3.05) is 11.1 Å². The highest BCUT2D eigenvalue weighted by atomic mass is 35.5. The van der Waals surface area contributed by atoms with Gasteiger partial charge in [-0.1, -0.05) is 53.7 Å². The fraction of sp³-hybridized carbons (Fsp3) is 0.238. The van der Waals surface area contributed by atoms with Crippen molar-refractivity contribution < 1.29 is 14.3 Å². The van der Waals surface area contributed by atoms with Gasteiger partial charge < -0.3 is 10.1 Å². The molecule has 0 aliphatic rings. The summed E-state index contributed by atoms with van der Waals surface area (Å²) in [5.41, 5.74) is 1.78. The largest absolute Gasteiger partial charge is 0.459 e. The minimum absolute atomic E-state index is 0.0969. The van der Waals surface area contributed by atoms with Crippen LogP contribution in [0, 0.1) is 0 Å². The highest BCUT2D eigenvalue weighted by molar-refractivity contribution is 7.99. The first-order chi connectivity index (χ1) is 14.4. The Bertz CT molecular complexity index is 1020. The lowest BCUT2D eigenvalue weighted by atomic mass is 10.1. The molecule has 0 saturated carbocycles. The molecule has 1 aromatic heterocycles. The van der Waals surface area contributed by atoms with E-state index in [0.717, 1.165) is 11.4 Å². The van der Waals surface area contributed by atoms with E-state index in [0.29, 0.717) is 27.9 Å². The zero-order valence-electron chi connectivity index (χ0n) is 16.5. The molecule has 0 aliphatic heterocycles. The Labute approximate surface area is 183 Å². The molecule has 3 aromatic rings. The molecule has 9 heteroatoms. The number of aromatic amines is 1. The maximum absolute atomic E-state index is 12.3. The second-order valence-corrected chi connectivity index (χ2v) is 8.06. The quantitative estimate of drug-likeness (QED) is 0.396. The third kappa shape index (κ3) is 6.33. The molecule has 7 nitrogen and oxygen atoms in total. The number of aromatic nitrogens is 3. The van der Waals surface area contributed by atoms with E-state index in [4.69, 9.17) is 16.3 Å². The van der Waals surface area contributed by atoms with Crippen molar-refractivity contribution in [3.05, 3.63) is 70.5 Å². The lowest BCUT2D eigenvalue weighted by Crippen LogP contribution is -2.16. The maximum atomic E-state index is 12.3. The summed E-state index contributed by atoms with van der Waals surface area (Å²) in [5.74, 6) is 0.0621. The van der Waals surface area contributed by atoms with Crippen LogP contribution in [0.1, 0.15) is 35.6 Å². The number of esters is 1. The van der Waals surface area contributed by atoms with Crippen molar-refractivity contribution in [3.63, 3.8) is 0 Å². The third-order valence-corrected chi connectivity index (χ3v) is 5.05. The van der Waals surface area contributed by atoms with Gasteiger partial charge in [0.1, 0.15) is 5.82 Å². The normalized spacial score (nSPS) is 10.8. The molecule has 3 rings (SSSR count). The molecule has 0 bridgehead atoms. The van der Waals surface area contributed by atoms with Gasteiger partial charge in [-0.3, -0.25) is 9.89 Å². The number of ether oxygens (including phenoxy) is 1. The number of nitrogens with zero attached hydrogens (tertiary/aromatic N) is 2. The van der Waals surface area contributed by atoms with Crippen LogP contribution in [0.15, 0.2) is 53.7 Å². The first-order valence-corrected chi connectivity index (χ1v) is 10.7. The molecule has 2 aromatic carbocycles. The SMILES string of the molecule is CC(C)OC(=O)c1ccc(Cl)c(NC(=O)CSc2n[nH]c(Cc3ccccc3)n2)c1. The highest BCUT2D eigenvalue weighted by Crippen LogP contribution is 2.24. The Morgan fingerprint density at radius 2 is 1.97 bits per heavy atom. The van der Waals surface area contributed by atoms with Gasteiger partial charge in [-0.2, -0.15) is 0 Å². The lowest BCUT2D eigenvalue weighted by Gasteiger charge is -2.11. The van der Waals surface area contributed by atoms with Gasteiger partial charge >= 0.3 is 5.97 Å². The van der Waals surface area contributed by atoms with E-state index in [1.165, 1.54) is 17.8 Å². The van der Waals surface area contributed by atoms with E-state index in [9.17, 15) is 9.59 Å². The average molecular weight is 445 g/mol. The Hall–Kier alpha value is -2.84. The number of halogens is 1. The van der Waals surface area contributed by atoms with Crippen LogP contribution in [0.3, 0.4) is 0 Å². The van der Waals surface area contributed by atoms with Crippen LogP contribution in [0.25, 0.3) is 0 Å². The van der Waals surface area contributed by atoms with Crippen LogP contribution in [-0.2, 0) is 16.0 Å². The molecule has 0 fully saturated rings. The number of rotatable bonds is 8. The van der Waals surface area contributed by atoms with E-state index in [1.807, 2.05) is 30.3 Å². The van der Waals surface area contributed by atoms with Crippen LogP contribution in [0.4, 0.5) is 5.69 Å². The van der Waals surface area contributed by atoms with E-state index in [2.05, 4.69) is 20.5 Å². The van der Waals surface area contributed by atoms with Crippen LogP contribution in [-0.4, -0.2) is 38.9 Å². The molecular formula is C21H21ClN4O3S. The summed E-state index contributed by atoms with van der Waals surface area (Å²) in [6.07, 6.45) is 0.394. The minimum atomic E-state index is -0.474. The molecule has 0 atom stereocenters. The summed E-state index contributed by atoms with van der Waals surface area (Å²) in [5, 5.41) is 10.5. The van der Waals surface area contributed by atoms with E-state index < -0.39 is 5.97 Å². The zero-order valence-corrected chi connectivity index (χ0v) is 18.1. The Morgan fingerprint density at radius 1 is 1.20 bits per heavy atom. The zero-order chi connectivity index (χ0) is 21.5. The van der Waals surface area contributed by atoms with Crippen LogP contribution in [0.2, 0.25) is 5.02 Å². The van der Waals surface area contributed by atoms with E-state index in [1.54, 1.807) is 26.0 Å². The molecule has 0 aliphatic carbocycles. The van der Waals surface area contributed by atoms with Gasteiger partial charge in [-0.15, -0.1) is 5.10 Å². The second kappa shape index (κ2) is 10.3. The Morgan fingerprint density at radius 3 is 2.70 bits per heavy atom. The minimum Gasteiger partial charge on any atom is -0.459 e. The fourth-order valence-electron chi connectivity index (χ4n) is 2.56. The van der Waals surface area contributed by atoms with Gasteiger partial charge in [0.15, 0.2) is 0 Å². The summed E-state index contributed by atoms with van der Waals surface area (Å²) in [6, 6.07) is 14.5. The number of hydrogen-bond donors (Lipinski definition) is 2. The van der Waals surface area contributed by atoms with Gasteiger partial charge in [-0.25, -0.2) is 9.78 Å². The van der Waals surface area contributed by atoms with Gasteiger partial charge in [-0.05, 0) is 37.6 Å². The molecule has 1 amide bonds. The maximum Gasteiger partial charge on any atom is 0.338 e. The summed E-state index contributed by atoms with van der Waals surface area (Å²) in [7, 11) is 0. The third-order valence-electron chi connectivity index (χ3n) is 3.88. The van der Waals surface area contributed by atoms with Gasteiger partial charge in [0.05, 0.1) is 28.1 Å². The van der Waals surface area contributed by atoms with Crippen LogP contribution in [0.5, 0.6) is 0 Å². The van der Waals surface area contributed by atoms with Crippen molar-refractivity contribution in [2.45, 2.75) is 31.5 Å². The summed E-state index contributed by atoms with van der Waals surface area (Å²) in [4.78, 5) is 28.8. The Balaban J connectivity index is 1.55. The predicted octanol–water partition coefficient (Wildman–Crippen LogP) is 4.34. The van der Waals surface area contributed by atoms with Gasteiger partial charge in [0, 0.05) is 6.42 Å². The first kappa shape index (κ1) is 21.9. The molecule has 30 heavy (non-hydrogen) atoms. The number of carbonyl (C=O) groups excluding carboxylic acids is 2. The number of carbonyl (C=O) groups is 2. The average Bonchev–Trinajstić information content (AvgIpc) is 3.15. The Kier molecular flexibility index (Phi) is 7.48. The molecule has 0 spiro atoms. The van der Waals surface area contributed by atoms with Crippen LogP contribution >= 0.6 is 23.4 Å². The molecule has 0 radical (unpaired) electrons. The number of thioether (sulfide) groups is 1.